The molecule has 0 rings (SSSR count). The van der Waals surface area contributed by atoms with Crippen LogP contribution in [-0.4, -0.2) is 28.9 Å². The number of esters is 1. The molecule has 102 valence electrons. The molecule has 0 aromatic rings. The van der Waals surface area contributed by atoms with Gasteiger partial charge < -0.3 is 10.3 Å². The summed E-state index contributed by atoms with van der Waals surface area (Å²) in [7, 11) is 0. The van der Waals surface area contributed by atoms with Gasteiger partial charge in [0.2, 0.25) is 0 Å². The quantitative estimate of drug-likeness (QED) is 0.230. The summed E-state index contributed by atoms with van der Waals surface area (Å²) in [5, 5.41) is 0. The van der Waals surface area contributed by atoms with Crippen LogP contribution in [-0.2, 0) is 14.3 Å². The lowest BCUT2D eigenvalue weighted by atomic mass is 9.77. The third-order valence-corrected chi connectivity index (χ3v) is 3.39. The van der Waals surface area contributed by atoms with Crippen LogP contribution in [0.1, 0.15) is 47.5 Å². The number of ketones is 1. The fraction of sp³-hybridized carbons (Fsp3) is 0.769. The molecule has 0 spiro atoms. The molecule has 0 heterocycles. The van der Waals surface area contributed by atoms with E-state index in [9.17, 15) is 9.59 Å². The number of hydrogen-bond acceptors (Lipinski definition) is 3. The molecule has 0 unspecified atom stereocenters. The van der Waals surface area contributed by atoms with Crippen molar-refractivity contribution < 1.29 is 19.1 Å². The molecule has 5 heteroatoms. The summed E-state index contributed by atoms with van der Waals surface area (Å²) >= 11 is 0. The first-order chi connectivity index (χ1) is 8.26. The maximum Gasteiger partial charge on any atom is 0.441 e. The van der Waals surface area contributed by atoms with Crippen LogP contribution in [0, 0.1) is 11.3 Å². The van der Waals surface area contributed by atoms with Crippen molar-refractivity contribution in [3.63, 3.8) is 0 Å². The Hall–Kier alpha value is -1.48. The standard InChI is InChI=1S/C13H22N2O3/c1-6-18-12(17)11(15-14)10(16)7-8-13(4,5)9(2)3/h9H,6-8H2,1-5H3. The summed E-state index contributed by atoms with van der Waals surface area (Å²) in [4.78, 5) is 25.9. The van der Waals surface area contributed by atoms with Crippen LogP contribution in [0.15, 0.2) is 0 Å². The Morgan fingerprint density at radius 1 is 1.33 bits per heavy atom. The Morgan fingerprint density at radius 2 is 1.89 bits per heavy atom. The predicted octanol–water partition coefficient (Wildman–Crippen LogP) is 2.25. The molecule has 0 aromatic carbocycles. The highest BCUT2D eigenvalue weighted by atomic mass is 16.5. The summed E-state index contributed by atoms with van der Waals surface area (Å²) < 4.78 is 4.64. The first-order valence-corrected chi connectivity index (χ1v) is 6.18. The second kappa shape index (κ2) is 7.07. The van der Waals surface area contributed by atoms with Gasteiger partial charge in [-0.25, -0.2) is 4.79 Å². The molecule has 0 saturated heterocycles. The van der Waals surface area contributed by atoms with E-state index in [0.717, 1.165) is 0 Å². The van der Waals surface area contributed by atoms with Crippen LogP contribution >= 0.6 is 0 Å². The van der Waals surface area contributed by atoms with Gasteiger partial charge in [-0.05, 0) is 24.7 Å². The average molecular weight is 254 g/mol. The lowest BCUT2D eigenvalue weighted by Crippen LogP contribution is -2.29. The molecule has 0 bridgehead atoms. The molecule has 0 amide bonds. The predicted molar refractivity (Wildman–Crippen MR) is 68.1 cm³/mol. The SMILES string of the molecule is CCOC(=O)C(=[N+]=[N-])C(=O)CCC(C)(C)C(C)C. The van der Waals surface area contributed by atoms with Crippen molar-refractivity contribution >= 4 is 17.5 Å². The molecule has 5 nitrogen and oxygen atoms in total. The van der Waals surface area contributed by atoms with Gasteiger partial charge in [0, 0.05) is 6.42 Å². The molecule has 0 aliphatic rings. The molecule has 18 heavy (non-hydrogen) atoms. The van der Waals surface area contributed by atoms with E-state index in [1.807, 2.05) is 0 Å². The Balaban J connectivity index is 4.58. The molecule has 0 N–H and O–H groups in total. The summed E-state index contributed by atoms with van der Waals surface area (Å²) in [6.45, 7) is 10.0. The van der Waals surface area contributed by atoms with Crippen molar-refractivity contribution in [3.05, 3.63) is 5.53 Å². The van der Waals surface area contributed by atoms with Crippen LogP contribution in [0.4, 0.5) is 0 Å². The van der Waals surface area contributed by atoms with E-state index in [0.29, 0.717) is 12.3 Å². The van der Waals surface area contributed by atoms with E-state index in [-0.39, 0.29) is 18.4 Å². The summed E-state index contributed by atoms with van der Waals surface area (Å²) in [6.07, 6.45) is 0.797. The van der Waals surface area contributed by atoms with Crippen molar-refractivity contribution in [1.82, 2.24) is 0 Å². The highest BCUT2D eigenvalue weighted by Gasteiger charge is 2.32. The maximum atomic E-state index is 11.8. The van der Waals surface area contributed by atoms with E-state index < -0.39 is 17.5 Å². The third kappa shape index (κ3) is 4.80. The monoisotopic (exact) mass is 254 g/mol. The number of Topliss-reactive ketones (excluding diaryl/α,β-unsaturated/α-hetero) is 1. The van der Waals surface area contributed by atoms with Crippen LogP contribution in [0.3, 0.4) is 0 Å². The molecule has 0 aromatic heterocycles. The van der Waals surface area contributed by atoms with Gasteiger partial charge in [-0.2, -0.15) is 4.79 Å². The Morgan fingerprint density at radius 3 is 2.28 bits per heavy atom. The van der Waals surface area contributed by atoms with Crippen LogP contribution in [0.5, 0.6) is 0 Å². The Kier molecular flexibility index (Phi) is 6.48. The second-order valence-electron chi connectivity index (χ2n) is 5.24. The summed E-state index contributed by atoms with van der Waals surface area (Å²) in [6, 6.07) is 0. The zero-order valence-electron chi connectivity index (χ0n) is 11.8. The van der Waals surface area contributed by atoms with E-state index >= 15 is 0 Å². The van der Waals surface area contributed by atoms with E-state index in [4.69, 9.17) is 5.53 Å². The Labute approximate surface area is 108 Å². The van der Waals surface area contributed by atoms with Crippen molar-refractivity contribution in [2.45, 2.75) is 47.5 Å². The van der Waals surface area contributed by atoms with E-state index in [1.54, 1.807) is 6.92 Å². The zero-order chi connectivity index (χ0) is 14.3. The minimum absolute atomic E-state index is 0.00904. The van der Waals surface area contributed by atoms with Gasteiger partial charge >= 0.3 is 11.7 Å². The highest BCUT2D eigenvalue weighted by molar-refractivity contribution is 6.62. The largest absolute Gasteiger partial charge is 0.457 e. The van der Waals surface area contributed by atoms with E-state index in [1.165, 1.54) is 0 Å². The second-order valence-corrected chi connectivity index (χ2v) is 5.24. The van der Waals surface area contributed by atoms with Gasteiger partial charge in [0.05, 0.1) is 6.61 Å². The normalized spacial score (nSPS) is 11.0. The lowest BCUT2D eigenvalue weighted by molar-refractivity contribution is -0.141. The summed E-state index contributed by atoms with van der Waals surface area (Å²) in [5.41, 5.74) is 8.17. The molecule has 0 aliphatic heterocycles. The average Bonchev–Trinajstić information content (AvgIpc) is 2.27. The minimum Gasteiger partial charge on any atom is -0.457 e. The first kappa shape index (κ1) is 16.5. The minimum atomic E-state index is -0.868. The highest BCUT2D eigenvalue weighted by Crippen LogP contribution is 2.31. The molecule has 0 aliphatic carbocycles. The van der Waals surface area contributed by atoms with Gasteiger partial charge in [-0.15, -0.1) is 0 Å². The topological polar surface area (TPSA) is 79.8 Å². The van der Waals surface area contributed by atoms with Gasteiger partial charge in [0.1, 0.15) is 0 Å². The molecule has 0 fully saturated rings. The summed E-state index contributed by atoms with van der Waals surface area (Å²) in [5.74, 6) is -0.931. The first-order valence-electron chi connectivity index (χ1n) is 6.18. The van der Waals surface area contributed by atoms with Crippen LogP contribution in [0.2, 0.25) is 0 Å². The van der Waals surface area contributed by atoms with Crippen molar-refractivity contribution in [2.24, 2.45) is 11.3 Å². The fourth-order valence-electron chi connectivity index (χ4n) is 1.25. The van der Waals surface area contributed by atoms with Crippen molar-refractivity contribution in [1.29, 1.82) is 0 Å². The number of ether oxygens (including phenoxy) is 1. The third-order valence-electron chi connectivity index (χ3n) is 3.39. The van der Waals surface area contributed by atoms with Crippen LogP contribution in [0.25, 0.3) is 5.53 Å². The molecule has 0 saturated carbocycles. The molecule has 0 radical (unpaired) electrons. The van der Waals surface area contributed by atoms with Crippen molar-refractivity contribution in [2.75, 3.05) is 6.61 Å². The fourth-order valence-corrected chi connectivity index (χ4v) is 1.25. The number of carbonyl (C=O) groups excluding carboxylic acids is 2. The molecular formula is C13H22N2O3. The number of nitrogens with zero attached hydrogens (tertiary/aromatic N) is 2. The van der Waals surface area contributed by atoms with Gasteiger partial charge in [-0.3, -0.25) is 4.79 Å². The van der Waals surface area contributed by atoms with Gasteiger partial charge in [0.15, 0.2) is 0 Å². The zero-order valence-corrected chi connectivity index (χ0v) is 11.8. The molecule has 0 atom stereocenters. The lowest BCUT2D eigenvalue weighted by Gasteiger charge is -2.28. The maximum absolute atomic E-state index is 11.8. The molecular weight excluding hydrogens is 232 g/mol. The van der Waals surface area contributed by atoms with Gasteiger partial charge in [-0.1, -0.05) is 27.7 Å². The van der Waals surface area contributed by atoms with Crippen molar-refractivity contribution in [3.8, 4) is 0 Å². The Bertz CT molecular complexity index is 366. The number of rotatable bonds is 7. The van der Waals surface area contributed by atoms with Crippen LogP contribution < -0.4 is 0 Å². The number of carbonyl (C=O) groups is 2. The number of hydrogen-bond donors (Lipinski definition) is 0. The van der Waals surface area contributed by atoms with Gasteiger partial charge in [0.25, 0.3) is 5.78 Å². The smallest absolute Gasteiger partial charge is 0.441 e. The van der Waals surface area contributed by atoms with E-state index in [2.05, 4.69) is 37.2 Å².